The van der Waals surface area contributed by atoms with Crippen LogP contribution in [0.5, 0.6) is 0 Å². The number of hydrogen-bond donors (Lipinski definition) is 1. The molecule has 1 nitrogen and oxygen atoms in total. The van der Waals surface area contributed by atoms with Gasteiger partial charge in [-0.2, -0.15) is 0 Å². The molecule has 0 saturated heterocycles. The van der Waals surface area contributed by atoms with Gasteiger partial charge in [-0.05, 0) is 12.7 Å². The molecule has 1 atom stereocenters. The van der Waals surface area contributed by atoms with Gasteiger partial charge in [0.2, 0.25) is 0 Å². The molecular weight excluding hydrogens is 132 g/mol. The van der Waals surface area contributed by atoms with Crippen LogP contribution in [0.3, 0.4) is 0 Å². The van der Waals surface area contributed by atoms with Crippen molar-refractivity contribution in [1.82, 2.24) is 0 Å². The Labute approximate surface area is 61.2 Å². The zero-order valence-electron chi connectivity index (χ0n) is 6.05. The van der Waals surface area contributed by atoms with E-state index in [1.54, 1.807) is 17.8 Å². The summed E-state index contributed by atoms with van der Waals surface area (Å²) >= 11 is 1.71. The molecule has 0 rings (SSSR count). The first-order chi connectivity index (χ1) is 4.18. The van der Waals surface area contributed by atoms with Gasteiger partial charge >= 0.3 is 0 Å². The summed E-state index contributed by atoms with van der Waals surface area (Å²) in [6.45, 7) is 7.87. The molecule has 0 amide bonds. The van der Waals surface area contributed by atoms with Crippen LogP contribution in [0, 0.1) is 0 Å². The second-order valence-corrected chi connectivity index (χ2v) is 3.91. The Bertz CT molecular complexity index is 92.9. The highest BCUT2D eigenvalue weighted by Gasteiger charge is 2.17. The van der Waals surface area contributed by atoms with Crippen molar-refractivity contribution in [2.45, 2.75) is 18.6 Å². The quantitative estimate of drug-likeness (QED) is 0.609. The lowest BCUT2D eigenvalue weighted by molar-refractivity contribution is 0.276. The molecule has 1 N–H and O–H groups in total. The van der Waals surface area contributed by atoms with Gasteiger partial charge in [-0.3, -0.25) is 0 Å². The predicted molar refractivity (Wildman–Crippen MR) is 43.8 cm³/mol. The summed E-state index contributed by atoms with van der Waals surface area (Å²) < 4.78 is -0.130. The third-order valence-electron chi connectivity index (χ3n) is 1.22. The molecule has 0 heterocycles. The summed E-state index contributed by atoms with van der Waals surface area (Å²) in [4.78, 5) is 0. The van der Waals surface area contributed by atoms with Crippen molar-refractivity contribution < 1.29 is 5.11 Å². The maximum absolute atomic E-state index is 8.82. The molecule has 0 saturated carbocycles. The van der Waals surface area contributed by atoms with Crippen LogP contribution < -0.4 is 0 Å². The van der Waals surface area contributed by atoms with Crippen molar-refractivity contribution in [2.75, 3.05) is 12.4 Å². The van der Waals surface area contributed by atoms with E-state index in [2.05, 4.69) is 13.5 Å². The van der Waals surface area contributed by atoms with Gasteiger partial charge in [-0.25, -0.2) is 0 Å². The van der Waals surface area contributed by atoms with Crippen LogP contribution in [0.2, 0.25) is 0 Å². The van der Waals surface area contributed by atoms with Crippen molar-refractivity contribution >= 4 is 11.8 Å². The van der Waals surface area contributed by atoms with Gasteiger partial charge in [-0.1, -0.05) is 13.0 Å². The highest BCUT2D eigenvalue weighted by Crippen LogP contribution is 2.24. The zero-order valence-corrected chi connectivity index (χ0v) is 6.87. The van der Waals surface area contributed by atoms with Crippen LogP contribution in [0.1, 0.15) is 13.8 Å². The first-order valence-electron chi connectivity index (χ1n) is 3.07. The van der Waals surface area contributed by atoms with E-state index in [0.29, 0.717) is 0 Å². The molecule has 0 aliphatic rings. The minimum Gasteiger partial charge on any atom is -0.395 e. The Balaban J connectivity index is 3.76. The van der Waals surface area contributed by atoms with Gasteiger partial charge in [0.15, 0.2) is 0 Å². The van der Waals surface area contributed by atoms with E-state index in [0.717, 1.165) is 5.75 Å². The molecule has 0 spiro atoms. The Morgan fingerprint density at radius 3 is 2.44 bits per heavy atom. The lowest BCUT2D eigenvalue weighted by atomic mass is 10.2. The normalized spacial score (nSPS) is 16.8. The molecule has 0 aromatic rings. The summed E-state index contributed by atoms with van der Waals surface area (Å²) in [5, 5.41) is 8.82. The maximum atomic E-state index is 8.82. The van der Waals surface area contributed by atoms with E-state index < -0.39 is 0 Å². The fourth-order valence-electron chi connectivity index (χ4n) is 0.499. The minimum atomic E-state index is -0.130. The van der Waals surface area contributed by atoms with Crippen LogP contribution in [-0.2, 0) is 0 Å². The average Bonchev–Trinajstić information content (AvgIpc) is 1.89. The zero-order chi connectivity index (χ0) is 7.33. The molecule has 0 aromatic heterocycles. The molecule has 54 valence electrons. The monoisotopic (exact) mass is 146 g/mol. The number of thioether (sulfide) groups is 1. The summed E-state index contributed by atoms with van der Waals surface area (Å²) in [6, 6.07) is 0. The molecule has 9 heavy (non-hydrogen) atoms. The molecule has 2 heteroatoms. The summed E-state index contributed by atoms with van der Waals surface area (Å²) in [5.41, 5.74) is 0. The van der Waals surface area contributed by atoms with Crippen LogP contribution in [0.25, 0.3) is 0 Å². The highest BCUT2D eigenvalue weighted by atomic mass is 32.2. The summed E-state index contributed by atoms with van der Waals surface area (Å²) in [6.07, 6.45) is 1.79. The number of aliphatic hydroxyl groups excluding tert-OH is 1. The molecule has 0 fully saturated rings. The second kappa shape index (κ2) is 3.96. The Kier molecular flexibility index (Phi) is 3.98. The Hall–Kier alpha value is 0.0500. The smallest absolute Gasteiger partial charge is 0.0610 e. The van der Waals surface area contributed by atoms with Gasteiger partial charge in [0.1, 0.15) is 0 Å². The number of rotatable bonds is 4. The van der Waals surface area contributed by atoms with Crippen molar-refractivity contribution in [3.05, 3.63) is 12.7 Å². The van der Waals surface area contributed by atoms with Gasteiger partial charge < -0.3 is 5.11 Å². The first-order valence-corrected chi connectivity index (χ1v) is 4.05. The molecule has 0 radical (unpaired) electrons. The molecule has 1 unspecified atom stereocenters. The van der Waals surface area contributed by atoms with Gasteiger partial charge in [0, 0.05) is 0 Å². The fraction of sp³-hybridized carbons (Fsp3) is 0.714. The summed E-state index contributed by atoms with van der Waals surface area (Å²) in [7, 11) is 0. The number of hydrogen-bond acceptors (Lipinski definition) is 2. The third kappa shape index (κ3) is 2.92. The van der Waals surface area contributed by atoms with Gasteiger partial charge in [-0.15, -0.1) is 18.3 Å². The fourth-order valence-corrected chi connectivity index (χ4v) is 1.37. The van der Waals surface area contributed by atoms with E-state index in [9.17, 15) is 0 Å². The summed E-state index contributed by atoms with van der Waals surface area (Å²) in [5.74, 6) is 1.02. The van der Waals surface area contributed by atoms with Crippen molar-refractivity contribution in [3.8, 4) is 0 Å². The molecule has 0 bridgehead atoms. The van der Waals surface area contributed by atoms with Gasteiger partial charge in [0.05, 0.1) is 11.4 Å². The highest BCUT2D eigenvalue weighted by molar-refractivity contribution is 8.00. The van der Waals surface area contributed by atoms with Crippen LogP contribution in [-0.4, -0.2) is 22.2 Å². The average molecular weight is 146 g/mol. The predicted octanol–water partition coefficient (Wildman–Crippen LogP) is 1.68. The third-order valence-corrected chi connectivity index (χ3v) is 2.46. The molecular formula is C7H14OS. The van der Waals surface area contributed by atoms with Crippen molar-refractivity contribution in [1.29, 1.82) is 0 Å². The number of aliphatic hydroxyl groups is 1. The largest absolute Gasteiger partial charge is 0.395 e. The lowest BCUT2D eigenvalue weighted by Gasteiger charge is -2.20. The Morgan fingerprint density at radius 1 is 1.78 bits per heavy atom. The van der Waals surface area contributed by atoms with Crippen LogP contribution >= 0.6 is 11.8 Å². The first kappa shape index (κ1) is 9.05. The SMILES string of the molecule is C=CC(C)(CO)SCC. The molecule has 0 aromatic carbocycles. The van der Waals surface area contributed by atoms with E-state index in [1.807, 2.05) is 6.92 Å². The van der Waals surface area contributed by atoms with Gasteiger partial charge in [0.25, 0.3) is 0 Å². The van der Waals surface area contributed by atoms with E-state index in [-0.39, 0.29) is 11.4 Å². The van der Waals surface area contributed by atoms with E-state index in [4.69, 9.17) is 5.11 Å². The molecule has 0 aliphatic heterocycles. The standard InChI is InChI=1S/C7H14OS/c1-4-7(3,6-8)9-5-2/h4,8H,1,5-6H2,2-3H3. The minimum absolute atomic E-state index is 0.130. The lowest BCUT2D eigenvalue weighted by Crippen LogP contribution is -2.21. The van der Waals surface area contributed by atoms with Crippen LogP contribution in [0.15, 0.2) is 12.7 Å². The maximum Gasteiger partial charge on any atom is 0.0610 e. The van der Waals surface area contributed by atoms with Crippen molar-refractivity contribution in [3.63, 3.8) is 0 Å². The topological polar surface area (TPSA) is 20.2 Å². The second-order valence-electron chi connectivity index (χ2n) is 2.11. The van der Waals surface area contributed by atoms with E-state index in [1.165, 1.54) is 0 Å². The van der Waals surface area contributed by atoms with Crippen LogP contribution in [0.4, 0.5) is 0 Å². The van der Waals surface area contributed by atoms with E-state index >= 15 is 0 Å². The Morgan fingerprint density at radius 2 is 2.33 bits per heavy atom. The molecule has 0 aliphatic carbocycles. The van der Waals surface area contributed by atoms with Crippen molar-refractivity contribution in [2.24, 2.45) is 0 Å².